The van der Waals surface area contributed by atoms with Crippen LogP contribution in [0, 0.1) is 5.92 Å². The number of benzene rings is 2. The molecule has 1 atom stereocenters. The number of carbonyl (C=O) groups is 1. The highest BCUT2D eigenvalue weighted by Crippen LogP contribution is 2.33. The van der Waals surface area contributed by atoms with Crippen LogP contribution in [0.25, 0.3) is 10.2 Å². The Morgan fingerprint density at radius 1 is 1.27 bits per heavy atom. The largest absolute Gasteiger partial charge is 0.494 e. The summed E-state index contributed by atoms with van der Waals surface area (Å²) in [5.74, 6) is 1.08. The molecule has 0 unspecified atom stereocenters. The number of aromatic nitrogens is 1. The van der Waals surface area contributed by atoms with Crippen molar-refractivity contribution in [1.82, 2.24) is 10.3 Å². The Morgan fingerprint density at radius 3 is 2.97 bits per heavy atom. The lowest BCUT2D eigenvalue weighted by atomic mass is 9.97. The molecule has 1 aliphatic heterocycles. The summed E-state index contributed by atoms with van der Waals surface area (Å²) in [7, 11) is 0. The van der Waals surface area contributed by atoms with Crippen LogP contribution in [0.1, 0.15) is 31.7 Å². The molecular formula is C24H29N3O2S. The number of hydrogen-bond donors (Lipinski definition) is 1. The highest BCUT2D eigenvalue weighted by Gasteiger charge is 2.27. The molecule has 0 saturated carbocycles. The lowest BCUT2D eigenvalue weighted by Crippen LogP contribution is -2.43. The zero-order chi connectivity index (χ0) is 20.8. The van der Waals surface area contributed by atoms with Gasteiger partial charge in [-0.3, -0.25) is 4.79 Å². The van der Waals surface area contributed by atoms with Crippen molar-refractivity contribution < 1.29 is 9.53 Å². The Bertz CT molecular complexity index is 973. The van der Waals surface area contributed by atoms with Crippen molar-refractivity contribution in [1.29, 1.82) is 0 Å². The summed E-state index contributed by atoms with van der Waals surface area (Å²) in [5, 5.41) is 4.14. The van der Waals surface area contributed by atoms with E-state index in [0.29, 0.717) is 6.61 Å². The SMILES string of the molecule is CCOc1ccc2nc(N3CCC[C@@H](C(=O)NCCCc4ccccc4)C3)sc2c1. The Morgan fingerprint density at radius 2 is 2.13 bits per heavy atom. The van der Waals surface area contributed by atoms with Crippen LogP contribution >= 0.6 is 11.3 Å². The van der Waals surface area contributed by atoms with E-state index in [2.05, 4.69) is 40.5 Å². The highest BCUT2D eigenvalue weighted by molar-refractivity contribution is 7.22. The van der Waals surface area contributed by atoms with E-state index in [1.807, 2.05) is 25.1 Å². The molecule has 4 rings (SSSR count). The van der Waals surface area contributed by atoms with Crippen molar-refractivity contribution >= 4 is 32.6 Å². The number of hydrogen-bond acceptors (Lipinski definition) is 5. The zero-order valence-electron chi connectivity index (χ0n) is 17.5. The van der Waals surface area contributed by atoms with Crippen LogP contribution in [0.5, 0.6) is 5.75 Å². The molecule has 2 aromatic carbocycles. The zero-order valence-corrected chi connectivity index (χ0v) is 18.3. The molecule has 1 amide bonds. The van der Waals surface area contributed by atoms with Crippen molar-refractivity contribution in [2.45, 2.75) is 32.6 Å². The fraction of sp³-hybridized carbons (Fsp3) is 0.417. The van der Waals surface area contributed by atoms with Crippen LogP contribution in [0.3, 0.4) is 0 Å². The van der Waals surface area contributed by atoms with E-state index in [1.165, 1.54) is 5.56 Å². The Hall–Kier alpha value is -2.60. The first kappa shape index (κ1) is 20.7. The molecule has 158 valence electrons. The van der Waals surface area contributed by atoms with Gasteiger partial charge in [-0.2, -0.15) is 0 Å². The van der Waals surface area contributed by atoms with E-state index in [-0.39, 0.29) is 11.8 Å². The normalized spacial score (nSPS) is 16.6. The second-order valence-corrected chi connectivity index (χ2v) is 8.73. The molecule has 0 bridgehead atoms. The topological polar surface area (TPSA) is 54.5 Å². The van der Waals surface area contributed by atoms with E-state index in [1.54, 1.807) is 11.3 Å². The van der Waals surface area contributed by atoms with Gasteiger partial charge in [-0.25, -0.2) is 4.98 Å². The van der Waals surface area contributed by atoms with Crippen LogP contribution in [-0.4, -0.2) is 37.1 Å². The maximum absolute atomic E-state index is 12.7. The minimum absolute atomic E-state index is 0.0291. The van der Waals surface area contributed by atoms with Crippen LogP contribution in [0.2, 0.25) is 0 Å². The van der Waals surface area contributed by atoms with Gasteiger partial charge in [-0.15, -0.1) is 0 Å². The van der Waals surface area contributed by atoms with Gasteiger partial charge in [0.15, 0.2) is 5.13 Å². The molecule has 1 N–H and O–H groups in total. The van der Waals surface area contributed by atoms with Gasteiger partial charge in [0.25, 0.3) is 0 Å². The van der Waals surface area contributed by atoms with E-state index in [9.17, 15) is 4.79 Å². The molecule has 1 saturated heterocycles. The van der Waals surface area contributed by atoms with Crippen molar-refractivity contribution in [3.8, 4) is 5.75 Å². The molecule has 5 nitrogen and oxygen atoms in total. The number of anilines is 1. The van der Waals surface area contributed by atoms with Crippen molar-refractivity contribution in [2.24, 2.45) is 5.92 Å². The van der Waals surface area contributed by atoms with Crippen LogP contribution in [0.15, 0.2) is 48.5 Å². The number of aryl methyl sites for hydroxylation is 1. The Kier molecular flexibility index (Phi) is 6.84. The lowest BCUT2D eigenvalue weighted by molar-refractivity contribution is -0.125. The molecule has 1 aliphatic rings. The van der Waals surface area contributed by atoms with E-state index >= 15 is 0 Å². The average molecular weight is 424 g/mol. The number of nitrogens with zero attached hydrogens (tertiary/aromatic N) is 2. The number of ether oxygens (including phenoxy) is 1. The maximum Gasteiger partial charge on any atom is 0.224 e. The van der Waals surface area contributed by atoms with Gasteiger partial charge in [0.1, 0.15) is 5.75 Å². The minimum Gasteiger partial charge on any atom is -0.494 e. The first-order chi connectivity index (χ1) is 14.7. The number of nitrogens with one attached hydrogen (secondary N) is 1. The van der Waals surface area contributed by atoms with E-state index in [4.69, 9.17) is 9.72 Å². The second kappa shape index (κ2) is 9.94. The molecular weight excluding hydrogens is 394 g/mol. The van der Waals surface area contributed by atoms with Crippen LogP contribution < -0.4 is 15.0 Å². The number of amides is 1. The number of thiazole rings is 1. The van der Waals surface area contributed by atoms with Gasteiger partial charge >= 0.3 is 0 Å². The first-order valence-electron chi connectivity index (χ1n) is 10.8. The van der Waals surface area contributed by atoms with Gasteiger partial charge < -0.3 is 15.0 Å². The van der Waals surface area contributed by atoms with Gasteiger partial charge in [-0.1, -0.05) is 41.7 Å². The average Bonchev–Trinajstić information content (AvgIpc) is 3.21. The maximum atomic E-state index is 12.7. The van der Waals surface area contributed by atoms with Crippen LogP contribution in [-0.2, 0) is 11.2 Å². The van der Waals surface area contributed by atoms with E-state index < -0.39 is 0 Å². The predicted octanol–water partition coefficient (Wildman–Crippen LogP) is 4.66. The molecule has 2 heterocycles. The summed E-state index contributed by atoms with van der Waals surface area (Å²) in [4.78, 5) is 19.8. The van der Waals surface area contributed by atoms with Crippen molar-refractivity contribution in [2.75, 3.05) is 31.1 Å². The number of fused-ring (bicyclic) bond motifs is 1. The monoisotopic (exact) mass is 423 g/mol. The molecule has 30 heavy (non-hydrogen) atoms. The Labute approximate surface area is 182 Å². The third-order valence-electron chi connectivity index (χ3n) is 5.51. The minimum atomic E-state index is 0.0291. The summed E-state index contributed by atoms with van der Waals surface area (Å²) < 4.78 is 6.73. The second-order valence-electron chi connectivity index (χ2n) is 7.72. The van der Waals surface area contributed by atoms with Gasteiger partial charge in [-0.05, 0) is 56.4 Å². The summed E-state index contributed by atoms with van der Waals surface area (Å²) in [6.07, 6.45) is 3.92. The summed E-state index contributed by atoms with van der Waals surface area (Å²) >= 11 is 1.68. The summed E-state index contributed by atoms with van der Waals surface area (Å²) in [5.41, 5.74) is 2.31. The van der Waals surface area contributed by atoms with E-state index in [0.717, 1.165) is 66.4 Å². The highest BCUT2D eigenvalue weighted by atomic mass is 32.1. The fourth-order valence-electron chi connectivity index (χ4n) is 3.94. The lowest BCUT2D eigenvalue weighted by Gasteiger charge is -2.31. The van der Waals surface area contributed by atoms with Gasteiger partial charge in [0.2, 0.25) is 5.91 Å². The number of piperidine rings is 1. The molecule has 0 spiro atoms. The first-order valence-corrected chi connectivity index (χ1v) is 11.6. The fourth-order valence-corrected chi connectivity index (χ4v) is 4.97. The molecule has 1 aromatic heterocycles. The third kappa shape index (κ3) is 5.11. The molecule has 3 aromatic rings. The van der Waals surface area contributed by atoms with Crippen LogP contribution in [0.4, 0.5) is 5.13 Å². The smallest absolute Gasteiger partial charge is 0.224 e. The Balaban J connectivity index is 1.31. The third-order valence-corrected chi connectivity index (χ3v) is 6.59. The van der Waals surface area contributed by atoms with Crippen molar-refractivity contribution in [3.63, 3.8) is 0 Å². The van der Waals surface area contributed by atoms with Crippen molar-refractivity contribution in [3.05, 3.63) is 54.1 Å². The summed E-state index contributed by atoms with van der Waals surface area (Å²) in [6.45, 7) is 5.07. The number of rotatable bonds is 8. The quantitative estimate of drug-likeness (QED) is 0.536. The number of carbonyl (C=O) groups excluding carboxylic acids is 1. The molecule has 6 heteroatoms. The summed E-state index contributed by atoms with van der Waals surface area (Å²) in [6, 6.07) is 16.5. The molecule has 1 fully saturated rings. The molecule has 0 aliphatic carbocycles. The standard InChI is InChI=1S/C24H29N3O2S/c1-2-29-20-12-13-21-22(16-20)30-24(26-21)27-15-7-11-19(17-27)23(28)25-14-6-10-18-8-4-3-5-9-18/h3-5,8-9,12-13,16,19H,2,6-7,10-11,14-15,17H2,1H3,(H,25,28)/t19-/m1/s1. The van der Waals surface area contributed by atoms with Gasteiger partial charge in [0, 0.05) is 19.6 Å². The molecule has 0 radical (unpaired) electrons. The van der Waals surface area contributed by atoms with Gasteiger partial charge in [0.05, 0.1) is 22.7 Å². The predicted molar refractivity (Wildman–Crippen MR) is 123 cm³/mol.